The van der Waals surface area contributed by atoms with E-state index < -0.39 is 11.9 Å². The Labute approximate surface area is 187 Å². The summed E-state index contributed by atoms with van der Waals surface area (Å²) in [6, 6.07) is 7.48. The summed E-state index contributed by atoms with van der Waals surface area (Å²) in [5.41, 5.74) is 1.72. The summed E-state index contributed by atoms with van der Waals surface area (Å²) < 4.78 is 49.8. The number of methoxy groups -OCH3 is 1. The largest absolute Gasteiger partial charge is 0.494 e. The van der Waals surface area contributed by atoms with Crippen molar-refractivity contribution in [2.45, 2.75) is 19.6 Å². The Hall–Kier alpha value is -3.70. The number of hydrogen-bond acceptors (Lipinski definition) is 6. The van der Waals surface area contributed by atoms with Gasteiger partial charge in [-0.25, -0.2) is 14.5 Å². The number of aromatic nitrogens is 3. The molecule has 1 saturated heterocycles. The van der Waals surface area contributed by atoms with Crippen LogP contribution in [0.1, 0.15) is 17.3 Å². The molecule has 0 saturated carbocycles. The lowest BCUT2D eigenvalue weighted by atomic mass is 10.2. The average molecular weight is 464 g/mol. The summed E-state index contributed by atoms with van der Waals surface area (Å²) in [5.74, 6) is 0.266. The molecule has 1 aromatic carbocycles. The lowest BCUT2D eigenvalue weighted by Gasteiger charge is -2.36. The van der Waals surface area contributed by atoms with Gasteiger partial charge in [0.05, 0.1) is 13.7 Å². The Kier molecular flexibility index (Phi) is 6.16. The molecule has 1 aliphatic rings. The topological polar surface area (TPSA) is 88.7 Å². The van der Waals surface area contributed by atoms with Gasteiger partial charge in [-0.15, -0.1) is 0 Å². The monoisotopic (exact) mass is 464 g/mol. The number of carbonyl (C=O) groups excluding carboxylic acids is 1. The van der Waals surface area contributed by atoms with E-state index in [1.54, 1.807) is 29.9 Å². The fraction of sp³-hybridized carbons (Fsp3) is 0.381. The summed E-state index contributed by atoms with van der Waals surface area (Å²) in [4.78, 5) is 20.3. The van der Waals surface area contributed by atoms with Gasteiger partial charge < -0.3 is 24.3 Å². The molecule has 1 fully saturated rings. The molecule has 0 radical (unpaired) electrons. The number of anilines is 1. The molecule has 1 aliphatic heterocycles. The predicted octanol–water partition coefficient (Wildman–Crippen LogP) is 3.23. The van der Waals surface area contributed by atoms with Gasteiger partial charge in [0, 0.05) is 37.9 Å². The first-order chi connectivity index (χ1) is 15.7. The number of amides is 2. The first-order valence-electron chi connectivity index (χ1n) is 10.2. The molecule has 33 heavy (non-hydrogen) atoms. The van der Waals surface area contributed by atoms with Crippen LogP contribution < -0.4 is 15.0 Å². The van der Waals surface area contributed by atoms with E-state index in [1.165, 1.54) is 6.07 Å². The molecule has 2 amide bonds. The third kappa shape index (κ3) is 5.04. The lowest BCUT2D eigenvalue weighted by molar-refractivity contribution is -0.153. The second-order valence-electron chi connectivity index (χ2n) is 7.49. The lowest BCUT2D eigenvalue weighted by Crippen LogP contribution is -2.51. The van der Waals surface area contributed by atoms with Gasteiger partial charge in [0.2, 0.25) is 5.76 Å². The molecule has 9 nitrogen and oxygen atoms in total. The molecular weight excluding hydrogens is 441 g/mol. The molecule has 0 aliphatic carbocycles. The highest BCUT2D eigenvalue weighted by Crippen LogP contribution is 2.31. The van der Waals surface area contributed by atoms with E-state index in [9.17, 15) is 18.0 Å². The Morgan fingerprint density at radius 3 is 2.55 bits per heavy atom. The Balaban J connectivity index is 1.33. The number of piperazine rings is 1. The number of nitrogens with zero attached hydrogens (tertiary/aromatic N) is 5. The van der Waals surface area contributed by atoms with Gasteiger partial charge in [-0.2, -0.15) is 18.3 Å². The second kappa shape index (κ2) is 9.04. The van der Waals surface area contributed by atoms with Crippen LogP contribution in [0, 0.1) is 6.92 Å². The number of aryl methyl sites for hydroxylation is 1. The van der Waals surface area contributed by atoms with E-state index >= 15 is 0 Å². The van der Waals surface area contributed by atoms with Gasteiger partial charge in [-0.05, 0) is 31.2 Å². The van der Waals surface area contributed by atoms with Gasteiger partial charge in [0.1, 0.15) is 29.3 Å². The minimum Gasteiger partial charge on any atom is -0.494 e. The number of carbonyl (C=O) groups is 1. The van der Waals surface area contributed by atoms with Gasteiger partial charge in [-0.3, -0.25) is 0 Å². The molecule has 1 N–H and O–H groups in total. The number of rotatable bonds is 5. The number of benzene rings is 1. The summed E-state index contributed by atoms with van der Waals surface area (Å²) in [6.45, 7) is 3.81. The number of furan rings is 1. The Morgan fingerprint density at radius 2 is 1.94 bits per heavy atom. The standard InChI is InChI=1S/C21H23F3N6O3/c1-14-26-13-30(27-14)17-5-3-15(11-18(17)32-2)28-7-9-29(10-8-28)20(31)25-12-16-4-6-19(33-16)21(22,23)24/h3-6,11,13H,7-10,12H2,1-2H3,(H,25,31). The van der Waals surface area contributed by atoms with Crippen molar-refractivity contribution in [3.8, 4) is 11.4 Å². The first-order valence-corrected chi connectivity index (χ1v) is 10.2. The van der Waals surface area contributed by atoms with Crippen LogP contribution in [-0.4, -0.2) is 59.0 Å². The summed E-state index contributed by atoms with van der Waals surface area (Å²) in [5, 5.41) is 6.92. The van der Waals surface area contributed by atoms with E-state index in [0.29, 0.717) is 37.8 Å². The normalized spacial score (nSPS) is 14.5. The first kappa shape index (κ1) is 22.5. The van der Waals surface area contributed by atoms with Crippen LogP contribution in [0.15, 0.2) is 41.1 Å². The zero-order chi connectivity index (χ0) is 23.6. The number of hydrogen-bond donors (Lipinski definition) is 1. The maximum Gasteiger partial charge on any atom is 0.449 e. The fourth-order valence-electron chi connectivity index (χ4n) is 3.58. The maximum absolute atomic E-state index is 12.6. The van der Waals surface area contributed by atoms with Crippen molar-refractivity contribution in [2.75, 3.05) is 38.2 Å². The van der Waals surface area contributed by atoms with Crippen LogP contribution >= 0.6 is 0 Å². The number of alkyl halides is 3. The van der Waals surface area contributed by atoms with Crippen molar-refractivity contribution in [1.29, 1.82) is 0 Å². The molecule has 176 valence electrons. The SMILES string of the molecule is COc1cc(N2CCN(C(=O)NCc3ccc(C(F)(F)F)o3)CC2)ccc1-n1cnc(C)n1. The molecule has 3 heterocycles. The van der Waals surface area contributed by atoms with Gasteiger partial charge in [0.15, 0.2) is 0 Å². The van der Waals surface area contributed by atoms with E-state index in [4.69, 9.17) is 9.15 Å². The van der Waals surface area contributed by atoms with E-state index in [1.807, 2.05) is 18.2 Å². The zero-order valence-corrected chi connectivity index (χ0v) is 18.1. The summed E-state index contributed by atoms with van der Waals surface area (Å²) >= 11 is 0. The molecular formula is C21H23F3N6O3. The predicted molar refractivity (Wildman–Crippen MR) is 112 cm³/mol. The van der Waals surface area contributed by atoms with Crippen molar-refractivity contribution < 1.29 is 27.1 Å². The third-order valence-corrected chi connectivity index (χ3v) is 5.30. The van der Waals surface area contributed by atoms with Crippen LogP contribution in [0.25, 0.3) is 5.69 Å². The van der Waals surface area contributed by atoms with Crippen molar-refractivity contribution in [3.05, 3.63) is 54.0 Å². The Bertz CT molecular complexity index is 1120. The molecule has 4 rings (SSSR count). The van der Waals surface area contributed by atoms with Crippen LogP contribution in [0.2, 0.25) is 0 Å². The summed E-state index contributed by atoms with van der Waals surface area (Å²) in [6.07, 6.45) is -2.93. The molecule has 12 heteroatoms. The van der Waals surface area contributed by atoms with Crippen molar-refractivity contribution in [2.24, 2.45) is 0 Å². The minimum absolute atomic E-state index is 0.0454. The average Bonchev–Trinajstić information content (AvgIpc) is 3.46. The number of urea groups is 1. The smallest absolute Gasteiger partial charge is 0.449 e. The molecule has 2 aromatic heterocycles. The molecule has 3 aromatic rings. The highest BCUT2D eigenvalue weighted by Gasteiger charge is 2.34. The quantitative estimate of drug-likeness (QED) is 0.624. The maximum atomic E-state index is 12.6. The molecule has 0 atom stereocenters. The van der Waals surface area contributed by atoms with E-state index in [2.05, 4.69) is 20.3 Å². The van der Waals surface area contributed by atoms with Crippen LogP contribution in [0.5, 0.6) is 5.75 Å². The number of ether oxygens (including phenoxy) is 1. The van der Waals surface area contributed by atoms with Gasteiger partial charge in [-0.1, -0.05) is 0 Å². The minimum atomic E-state index is -4.55. The fourth-order valence-corrected chi connectivity index (χ4v) is 3.58. The third-order valence-electron chi connectivity index (χ3n) is 5.30. The van der Waals surface area contributed by atoms with Crippen molar-refractivity contribution in [3.63, 3.8) is 0 Å². The van der Waals surface area contributed by atoms with E-state index in [-0.39, 0.29) is 18.3 Å². The molecule has 0 bridgehead atoms. The highest BCUT2D eigenvalue weighted by molar-refractivity contribution is 5.74. The summed E-state index contributed by atoms with van der Waals surface area (Å²) in [7, 11) is 1.59. The molecule has 0 spiro atoms. The second-order valence-corrected chi connectivity index (χ2v) is 7.49. The van der Waals surface area contributed by atoms with Crippen molar-refractivity contribution in [1.82, 2.24) is 25.0 Å². The van der Waals surface area contributed by atoms with Gasteiger partial charge in [0.25, 0.3) is 0 Å². The molecule has 0 unspecified atom stereocenters. The zero-order valence-electron chi connectivity index (χ0n) is 18.1. The van der Waals surface area contributed by atoms with Crippen LogP contribution in [0.4, 0.5) is 23.7 Å². The Morgan fingerprint density at radius 1 is 1.18 bits per heavy atom. The van der Waals surface area contributed by atoms with Crippen LogP contribution in [-0.2, 0) is 12.7 Å². The van der Waals surface area contributed by atoms with Crippen LogP contribution in [0.3, 0.4) is 0 Å². The van der Waals surface area contributed by atoms with E-state index in [0.717, 1.165) is 17.4 Å². The highest BCUT2D eigenvalue weighted by atomic mass is 19.4. The number of nitrogens with one attached hydrogen (secondary N) is 1. The van der Waals surface area contributed by atoms with Gasteiger partial charge >= 0.3 is 12.2 Å². The number of halogens is 3. The van der Waals surface area contributed by atoms with Crippen molar-refractivity contribution >= 4 is 11.7 Å².